The van der Waals surface area contributed by atoms with Gasteiger partial charge in [-0.15, -0.1) is 0 Å². The van der Waals surface area contributed by atoms with E-state index in [2.05, 4.69) is 15.8 Å². The summed E-state index contributed by atoms with van der Waals surface area (Å²) in [5, 5.41) is 28.3. The van der Waals surface area contributed by atoms with Crippen molar-refractivity contribution in [1.82, 2.24) is 5.43 Å². The predicted molar refractivity (Wildman–Crippen MR) is 127 cm³/mol. The summed E-state index contributed by atoms with van der Waals surface area (Å²) >= 11 is 0. The summed E-state index contributed by atoms with van der Waals surface area (Å²) in [6, 6.07) is 14.5. The van der Waals surface area contributed by atoms with Crippen LogP contribution in [0.4, 0.5) is 17.1 Å². The first-order valence-electron chi connectivity index (χ1n) is 10.1. The Balaban J connectivity index is 1.60. The minimum Gasteiger partial charge on any atom is -0.450 e. The second-order valence-corrected chi connectivity index (χ2v) is 7.37. The smallest absolute Gasteiger partial charge is 0.329 e. The highest BCUT2D eigenvalue weighted by Crippen LogP contribution is 2.34. The number of hydrogen-bond acceptors (Lipinski definition) is 8. The maximum atomic E-state index is 12.0. The number of nitro groups is 2. The first kappa shape index (κ1) is 24.5. The molecule has 0 fully saturated rings. The third kappa shape index (κ3) is 6.68. The van der Waals surface area contributed by atoms with Crippen molar-refractivity contribution >= 4 is 35.1 Å². The molecule has 0 unspecified atom stereocenters. The number of hydrogen-bond donors (Lipinski definition) is 2. The lowest BCUT2D eigenvalue weighted by Gasteiger charge is -2.07. The fourth-order valence-corrected chi connectivity index (χ4v) is 3.05. The minimum absolute atomic E-state index is 0.163. The van der Waals surface area contributed by atoms with Crippen LogP contribution in [0.2, 0.25) is 0 Å². The van der Waals surface area contributed by atoms with Gasteiger partial charge in [0.2, 0.25) is 5.75 Å². The van der Waals surface area contributed by atoms with Gasteiger partial charge in [-0.1, -0.05) is 6.07 Å². The molecule has 0 heterocycles. The highest BCUT2D eigenvalue weighted by Gasteiger charge is 2.21. The summed E-state index contributed by atoms with van der Waals surface area (Å²) in [5.74, 6) is -1.76. The van der Waals surface area contributed by atoms with E-state index in [9.17, 15) is 29.8 Å². The van der Waals surface area contributed by atoms with Crippen molar-refractivity contribution in [2.45, 2.75) is 13.8 Å². The van der Waals surface area contributed by atoms with Crippen LogP contribution in [0.3, 0.4) is 0 Å². The zero-order valence-electron chi connectivity index (χ0n) is 18.6. The molecule has 0 spiro atoms. The Kier molecular flexibility index (Phi) is 7.46. The van der Waals surface area contributed by atoms with Gasteiger partial charge in [-0.05, 0) is 73.0 Å². The van der Waals surface area contributed by atoms with Crippen molar-refractivity contribution in [2.24, 2.45) is 5.10 Å². The molecule has 12 nitrogen and oxygen atoms in total. The number of aryl methyl sites for hydroxylation is 2. The van der Waals surface area contributed by atoms with Gasteiger partial charge in [-0.2, -0.15) is 5.10 Å². The van der Waals surface area contributed by atoms with Gasteiger partial charge in [-0.3, -0.25) is 29.8 Å². The van der Waals surface area contributed by atoms with Gasteiger partial charge < -0.3 is 10.1 Å². The lowest BCUT2D eigenvalue weighted by molar-refractivity contribution is -0.394. The predicted octanol–water partition coefficient (Wildman–Crippen LogP) is 4.00. The number of carbonyl (C=O) groups is 2. The Hall–Kier alpha value is -5.13. The van der Waals surface area contributed by atoms with E-state index in [1.165, 1.54) is 18.3 Å². The molecule has 0 aliphatic heterocycles. The van der Waals surface area contributed by atoms with Crippen LogP contribution in [0.15, 0.2) is 65.8 Å². The average molecular weight is 477 g/mol. The number of amides is 2. The Labute approximate surface area is 198 Å². The molecule has 3 aromatic carbocycles. The van der Waals surface area contributed by atoms with Crippen molar-refractivity contribution in [3.05, 3.63) is 97.6 Å². The average Bonchev–Trinajstić information content (AvgIpc) is 2.79. The number of ether oxygens (including phenoxy) is 1. The summed E-state index contributed by atoms with van der Waals surface area (Å²) in [5.41, 5.74) is 4.05. The van der Waals surface area contributed by atoms with E-state index in [0.29, 0.717) is 11.3 Å². The third-order valence-corrected chi connectivity index (χ3v) is 4.52. The lowest BCUT2D eigenvalue weighted by atomic mass is 10.1. The monoisotopic (exact) mass is 477 g/mol. The van der Waals surface area contributed by atoms with Crippen molar-refractivity contribution < 1.29 is 24.2 Å². The van der Waals surface area contributed by atoms with Crippen molar-refractivity contribution in [3.63, 3.8) is 0 Å². The van der Waals surface area contributed by atoms with Crippen LogP contribution in [0.25, 0.3) is 0 Å². The Morgan fingerprint density at radius 1 is 0.886 bits per heavy atom. The van der Waals surface area contributed by atoms with E-state index >= 15 is 0 Å². The van der Waals surface area contributed by atoms with Gasteiger partial charge in [0.15, 0.2) is 0 Å². The summed E-state index contributed by atoms with van der Waals surface area (Å²) < 4.78 is 5.48. The first-order valence-corrected chi connectivity index (χ1v) is 10.1. The summed E-state index contributed by atoms with van der Waals surface area (Å²) in [7, 11) is 0. The van der Waals surface area contributed by atoms with Gasteiger partial charge in [-0.25, -0.2) is 5.43 Å². The first-order chi connectivity index (χ1) is 16.6. The quantitative estimate of drug-likeness (QED) is 0.224. The molecular weight excluding hydrogens is 458 g/mol. The third-order valence-electron chi connectivity index (χ3n) is 4.52. The van der Waals surface area contributed by atoms with Crippen LogP contribution in [0.5, 0.6) is 11.5 Å². The van der Waals surface area contributed by atoms with E-state index in [1.807, 2.05) is 19.9 Å². The summed E-state index contributed by atoms with van der Waals surface area (Å²) in [6.45, 7) is 3.74. The molecule has 0 aliphatic carbocycles. The number of anilines is 1. The fraction of sp³-hybridized carbons (Fsp3) is 0.0870. The van der Waals surface area contributed by atoms with Crippen LogP contribution in [0, 0.1) is 34.1 Å². The number of nitrogens with one attached hydrogen (secondary N) is 2. The number of carbonyl (C=O) groups excluding carboxylic acids is 2. The van der Waals surface area contributed by atoms with E-state index in [0.717, 1.165) is 29.3 Å². The zero-order chi connectivity index (χ0) is 25.5. The Morgan fingerprint density at radius 2 is 1.54 bits per heavy atom. The molecule has 12 heteroatoms. The zero-order valence-corrected chi connectivity index (χ0v) is 18.6. The van der Waals surface area contributed by atoms with Crippen LogP contribution in [-0.2, 0) is 9.59 Å². The van der Waals surface area contributed by atoms with Crippen LogP contribution in [0.1, 0.15) is 16.7 Å². The van der Waals surface area contributed by atoms with Gasteiger partial charge in [0, 0.05) is 11.8 Å². The SMILES string of the molecule is Cc1cc(C)cc(NC(=O)C(=O)NN=Cc2ccc(Oc3ccc([N+](=O)[O-])cc3[N+](=O)[O-])cc2)c1. The molecule has 0 bridgehead atoms. The van der Waals surface area contributed by atoms with Gasteiger partial charge in [0.05, 0.1) is 22.1 Å². The molecule has 178 valence electrons. The number of hydrazone groups is 1. The molecular formula is C23H19N5O7. The van der Waals surface area contributed by atoms with Gasteiger partial charge in [0.1, 0.15) is 5.75 Å². The number of non-ortho nitro benzene ring substituents is 1. The van der Waals surface area contributed by atoms with Crippen molar-refractivity contribution in [1.29, 1.82) is 0 Å². The normalized spacial score (nSPS) is 10.6. The van der Waals surface area contributed by atoms with E-state index in [-0.39, 0.29) is 11.5 Å². The molecule has 0 saturated carbocycles. The second-order valence-electron chi connectivity index (χ2n) is 7.37. The van der Waals surface area contributed by atoms with E-state index in [4.69, 9.17) is 4.74 Å². The maximum Gasteiger partial charge on any atom is 0.329 e. The lowest BCUT2D eigenvalue weighted by Crippen LogP contribution is -2.32. The summed E-state index contributed by atoms with van der Waals surface area (Å²) in [4.78, 5) is 44.5. The molecule has 0 radical (unpaired) electrons. The molecule has 0 atom stereocenters. The molecule has 35 heavy (non-hydrogen) atoms. The summed E-state index contributed by atoms with van der Waals surface area (Å²) in [6.07, 6.45) is 1.29. The van der Waals surface area contributed by atoms with Crippen molar-refractivity contribution in [3.8, 4) is 11.5 Å². The Bertz CT molecular complexity index is 1320. The topological polar surface area (TPSA) is 166 Å². The number of benzene rings is 3. The molecule has 2 amide bonds. The molecule has 2 N–H and O–H groups in total. The standard InChI is InChI=1S/C23H19N5O7/c1-14-9-15(2)11-17(10-14)25-22(29)23(30)26-24-13-16-3-6-19(7-4-16)35-21-8-5-18(27(31)32)12-20(21)28(33)34/h3-13H,1-2H3,(H,25,29)(H,26,30). The number of nitro benzene ring substituents is 2. The molecule has 3 rings (SSSR count). The van der Waals surface area contributed by atoms with Crippen molar-refractivity contribution in [2.75, 3.05) is 5.32 Å². The van der Waals surface area contributed by atoms with Gasteiger partial charge in [0.25, 0.3) is 5.69 Å². The highest BCUT2D eigenvalue weighted by atomic mass is 16.6. The highest BCUT2D eigenvalue weighted by molar-refractivity contribution is 6.39. The Morgan fingerprint density at radius 3 is 2.14 bits per heavy atom. The number of nitrogens with zero attached hydrogens (tertiary/aromatic N) is 3. The molecule has 0 aliphatic rings. The molecule has 0 saturated heterocycles. The maximum absolute atomic E-state index is 12.0. The minimum atomic E-state index is -0.953. The van der Waals surface area contributed by atoms with Crippen LogP contribution >= 0.6 is 0 Å². The molecule has 3 aromatic rings. The second kappa shape index (κ2) is 10.7. The molecule has 0 aromatic heterocycles. The fourth-order valence-electron chi connectivity index (χ4n) is 3.05. The van der Waals surface area contributed by atoms with Gasteiger partial charge >= 0.3 is 17.5 Å². The van der Waals surface area contributed by atoms with Crippen LogP contribution in [-0.4, -0.2) is 27.9 Å². The van der Waals surface area contributed by atoms with E-state index < -0.39 is 33.0 Å². The van der Waals surface area contributed by atoms with E-state index in [1.54, 1.807) is 24.3 Å². The van der Waals surface area contributed by atoms with Crippen LogP contribution < -0.4 is 15.5 Å². The largest absolute Gasteiger partial charge is 0.450 e. The number of rotatable bonds is 7.